The highest BCUT2D eigenvalue weighted by Gasteiger charge is 2.13. The number of fused-ring (bicyclic) bond motifs is 1. The van der Waals surface area contributed by atoms with E-state index in [0.717, 1.165) is 16.3 Å². The molecule has 4 aromatic carbocycles. The van der Waals surface area contributed by atoms with E-state index < -0.39 is 11.8 Å². The lowest BCUT2D eigenvalue weighted by Gasteiger charge is -2.13. The SMILES string of the molecule is CCOc1cc(/C=N/NC(=O)C(=O)Nc2ccc(C#N)cc2)ccc1OCc1cccc2ccccc12. The van der Waals surface area contributed by atoms with Crippen LogP contribution in [0.4, 0.5) is 5.69 Å². The van der Waals surface area contributed by atoms with Crippen molar-refractivity contribution in [2.75, 3.05) is 11.9 Å². The van der Waals surface area contributed by atoms with Gasteiger partial charge in [0.25, 0.3) is 0 Å². The quantitative estimate of drug-likeness (QED) is 0.209. The first-order valence-corrected chi connectivity index (χ1v) is 11.6. The summed E-state index contributed by atoms with van der Waals surface area (Å²) in [6.45, 7) is 2.69. The van der Waals surface area contributed by atoms with Crippen molar-refractivity contribution >= 4 is 34.5 Å². The fraction of sp³-hybridized carbons (Fsp3) is 0.103. The smallest absolute Gasteiger partial charge is 0.329 e. The normalized spacial score (nSPS) is 10.6. The number of anilines is 1. The maximum atomic E-state index is 12.1. The van der Waals surface area contributed by atoms with E-state index in [9.17, 15) is 9.59 Å². The molecule has 0 heterocycles. The van der Waals surface area contributed by atoms with Gasteiger partial charge in [-0.1, -0.05) is 42.5 Å². The Balaban J connectivity index is 1.38. The summed E-state index contributed by atoms with van der Waals surface area (Å²) in [6, 6.07) is 27.7. The average molecular weight is 493 g/mol. The number of benzene rings is 4. The van der Waals surface area contributed by atoms with Crippen LogP contribution in [0.2, 0.25) is 0 Å². The van der Waals surface area contributed by atoms with E-state index in [2.05, 4.69) is 34.0 Å². The van der Waals surface area contributed by atoms with Gasteiger partial charge in [0.2, 0.25) is 0 Å². The van der Waals surface area contributed by atoms with Crippen LogP contribution in [0.3, 0.4) is 0 Å². The summed E-state index contributed by atoms with van der Waals surface area (Å²) in [5.74, 6) is -0.691. The highest BCUT2D eigenvalue weighted by Crippen LogP contribution is 2.30. The molecule has 0 atom stereocenters. The molecule has 8 nitrogen and oxygen atoms in total. The molecule has 0 aliphatic carbocycles. The van der Waals surface area contributed by atoms with Crippen molar-refractivity contribution < 1.29 is 19.1 Å². The number of carbonyl (C=O) groups excluding carboxylic acids is 2. The molecule has 2 N–H and O–H groups in total. The molecule has 0 saturated heterocycles. The van der Waals surface area contributed by atoms with Gasteiger partial charge in [-0.05, 0) is 71.3 Å². The molecule has 0 saturated carbocycles. The highest BCUT2D eigenvalue weighted by molar-refractivity contribution is 6.39. The Kier molecular flexibility index (Phi) is 8.09. The number of nitrogens with one attached hydrogen (secondary N) is 2. The minimum Gasteiger partial charge on any atom is -0.490 e. The van der Waals surface area contributed by atoms with Crippen LogP contribution in [-0.4, -0.2) is 24.6 Å². The molecule has 0 unspecified atom stereocenters. The standard InChI is InChI=1S/C29H24N4O4/c1-2-36-27-16-21(18-31-33-29(35)28(34)32-24-13-10-20(17-30)11-14-24)12-15-26(27)37-19-23-8-5-7-22-6-3-4-9-25(22)23/h3-16,18H,2,19H2,1H3,(H,32,34)(H,33,35)/b31-18+. The maximum Gasteiger partial charge on any atom is 0.329 e. The topological polar surface area (TPSA) is 113 Å². The zero-order valence-corrected chi connectivity index (χ0v) is 20.1. The third-order valence-electron chi connectivity index (χ3n) is 5.39. The number of carbonyl (C=O) groups is 2. The summed E-state index contributed by atoms with van der Waals surface area (Å²) in [4.78, 5) is 24.1. The van der Waals surface area contributed by atoms with E-state index in [0.29, 0.717) is 41.5 Å². The largest absolute Gasteiger partial charge is 0.490 e. The van der Waals surface area contributed by atoms with Gasteiger partial charge in [-0.2, -0.15) is 10.4 Å². The van der Waals surface area contributed by atoms with Crippen molar-refractivity contribution in [3.05, 3.63) is 102 Å². The zero-order chi connectivity index (χ0) is 26.0. The van der Waals surface area contributed by atoms with Crippen LogP contribution in [-0.2, 0) is 16.2 Å². The van der Waals surface area contributed by atoms with Crippen LogP contribution in [0, 0.1) is 11.3 Å². The van der Waals surface area contributed by atoms with Crippen LogP contribution in [0.25, 0.3) is 10.8 Å². The summed E-state index contributed by atoms with van der Waals surface area (Å²) in [5, 5.41) is 17.4. The van der Waals surface area contributed by atoms with E-state index >= 15 is 0 Å². The number of ether oxygens (including phenoxy) is 2. The Morgan fingerprint density at radius 2 is 1.70 bits per heavy atom. The second-order valence-electron chi connectivity index (χ2n) is 7.91. The van der Waals surface area contributed by atoms with Gasteiger partial charge in [-0.3, -0.25) is 9.59 Å². The fourth-order valence-corrected chi connectivity index (χ4v) is 3.60. The predicted molar refractivity (Wildman–Crippen MR) is 141 cm³/mol. The van der Waals surface area contributed by atoms with Crippen molar-refractivity contribution in [2.24, 2.45) is 5.10 Å². The van der Waals surface area contributed by atoms with Crippen LogP contribution >= 0.6 is 0 Å². The number of nitriles is 1. The molecule has 37 heavy (non-hydrogen) atoms. The van der Waals surface area contributed by atoms with Crippen molar-refractivity contribution in [3.8, 4) is 17.6 Å². The van der Waals surface area contributed by atoms with Gasteiger partial charge in [0, 0.05) is 5.69 Å². The number of rotatable bonds is 8. The minimum absolute atomic E-state index is 0.374. The summed E-state index contributed by atoms with van der Waals surface area (Å²) in [6.07, 6.45) is 1.41. The van der Waals surface area contributed by atoms with Crippen LogP contribution in [0.5, 0.6) is 11.5 Å². The number of hydrogen-bond donors (Lipinski definition) is 2. The van der Waals surface area contributed by atoms with Crippen molar-refractivity contribution in [1.29, 1.82) is 5.26 Å². The first kappa shape index (κ1) is 24.9. The van der Waals surface area contributed by atoms with Gasteiger partial charge in [0.05, 0.1) is 24.5 Å². The number of nitrogens with zero attached hydrogens (tertiary/aromatic N) is 2. The Morgan fingerprint density at radius 3 is 2.49 bits per heavy atom. The molecular formula is C29H24N4O4. The molecule has 184 valence electrons. The molecule has 4 aromatic rings. The van der Waals surface area contributed by atoms with Crippen LogP contribution in [0.15, 0.2) is 90.0 Å². The lowest BCUT2D eigenvalue weighted by atomic mass is 10.1. The molecule has 4 rings (SSSR count). The maximum absolute atomic E-state index is 12.1. The first-order chi connectivity index (χ1) is 18.1. The van der Waals surface area contributed by atoms with Gasteiger partial charge in [0.1, 0.15) is 6.61 Å². The first-order valence-electron chi connectivity index (χ1n) is 11.6. The Labute approximate surface area is 214 Å². The van der Waals surface area contributed by atoms with Gasteiger partial charge >= 0.3 is 11.8 Å². The van der Waals surface area contributed by atoms with E-state index in [-0.39, 0.29) is 0 Å². The van der Waals surface area contributed by atoms with E-state index in [1.54, 1.807) is 18.2 Å². The molecular weight excluding hydrogens is 468 g/mol. The molecule has 0 spiro atoms. The van der Waals surface area contributed by atoms with E-state index in [4.69, 9.17) is 14.7 Å². The number of amides is 2. The van der Waals surface area contributed by atoms with Gasteiger partial charge < -0.3 is 14.8 Å². The van der Waals surface area contributed by atoms with Gasteiger partial charge in [0.15, 0.2) is 11.5 Å². The molecule has 8 heteroatoms. The molecule has 0 bridgehead atoms. The molecule has 0 fully saturated rings. The molecule has 2 amide bonds. The van der Waals surface area contributed by atoms with Gasteiger partial charge in [-0.25, -0.2) is 5.43 Å². The van der Waals surface area contributed by atoms with Crippen LogP contribution in [0.1, 0.15) is 23.6 Å². The fourth-order valence-electron chi connectivity index (χ4n) is 3.60. The van der Waals surface area contributed by atoms with Crippen molar-refractivity contribution in [2.45, 2.75) is 13.5 Å². The second kappa shape index (κ2) is 12.0. The number of hydrogen-bond acceptors (Lipinski definition) is 6. The summed E-state index contributed by atoms with van der Waals surface area (Å²) < 4.78 is 11.8. The molecule has 0 aromatic heterocycles. The molecule has 0 aliphatic heterocycles. The Hall–Kier alpha value is -5.16. The van der Waals surface area contributed by atoms with Crippen molar-refractivity contribution in [1.82, 2.24) is 5.43 Å². The second-order valence-corrected chi connectivity index (χ2v) is 7.91. The predicted octanol–water partition coefficient (Wildman–Crippen LogP) is 4.78. The zero-order valence-electron chi connectivity index (χ0n) is 20.1. The minimum atomic E-state index is -0.930. The Bertz CT molecular complexity index is 1490. The average Bonchev–Trinajstić information content (AvgIpc) is 2.93. The third kappa shape index (κ3) is 6.50. The molecule has 0 radical (unpaired) electrons. The van der Waals surface area contributed by atoms with Gasteiger partial charge in [-0.15, -0.1) is 0 Å². The van der Waals surface area contributed by atoms with E-state index in [1.807, 2.05) is 37.3 Å². The van der Waals surface area contributed by atoms with E-state index in [1.165, 1.54) is 30.5 Å². The van der Waals surface area contributed by atoms with Crippen LogP contribution < -0.4 is 20.2 Å². The molecule has 0 aliphatic rings. The summed E-state index contributed by atoms with van der Waals surface area (Å²) in [7, 11) is 0. The Morgan fingerprint density at radius 1 is 0.919 bits per heavy atom. The lowest BCUT2D eigenvalue weighted by molar-refractivity contribution is -0.136. The lowest BCUT2D eigenvalue weighted by Crippen LogP contribution is -2.32. The number of hydrazone groups is 1. The third-order valence-corrected chi connectivity index (χ3v) is 5.39. The monoisotopic (exact) mass is 492 g/mol. The highest BCUT2D eigenvalue weighted by atomic mass is 16.5. The summed E-state index contributed by atoms with van der Waals surface area (Å²) in [5.41, 5.74) is 4.75. The summed E-state index contributed by atoms with van der Waals surface area (Å²) >= 11 is 0. The van der Waals surface area contributed by atoms with Crippen molar-refractivity contribution in [3.63, 3.8) is 0 Å².